The molecule has 3 amide bonds. The van der Waals surface area contributed by atoms with Crippen LogP contribution in [0.3, 0.4) is 0 Å². The second kappa shape index (κ2) is 13.9. The van der Waals surface area contributed by atoms with Crippen LogP contribution in [0.15, 0.2) is 0 Å². The highest BCUT2D eigenvalue weighted by atomic mass is 32.1. The van der Waals surface area contributed by atoms with Crippen LogP contribution in [0.1, 0.15) is 92.9 Å². The molecule has 0 bridgehead atoms. The van der Waals surface area contributed by atoms with Gasteiger partial charge in [0.2, 0.25) is 5.91 Å². The van der Waals surface area contributed by atoms with Gasteiger partial charge in [0.1, 0.15) is 23.1 Å². The summed E-state index contributed by atoms with van der Waals surface area (Å²) in [5, 5.41) is 0.798. The summed E-state index contributed by atoms with van der Waals surface area (Å²) in [7, 11) is 0. The van der Waals surface area contributed by atoms with Crippen molar-refractivity contribution in [2.24, 2.45) is 10.8 Å². The Labute approximate surface area is 239 Å². The second-order valence-electron chi connectivity index (χ2n) is 12.1. The number of thiocarbonyl (C=S) groups is 2. The van der Waals surface area contributed by atoms with Crippen LogP contribution in [0, 0.1) is 10.8 Å². The molecule has 2 heterocycles. The summed E-state index contributed by atoms with van der Waals surface area (Å²) >= 11 is 11.0. The molecule has 214 valence electrons. The zero-order valence-corrected chi connectivity index (χ0v) is 25.8. The Hall–Kier alpha value is -1.94. The number of hydrogen-bond acceptors (Lipinski definition) is 6. The minimum absolute atomic E-state index is 0.0270. The van der Waals surface area contributed by atoms with Crippen molar-refractivity contribution in [2.75, 3.05) is 39.3 Å². The number of amides is 3. The maximum Gasteiger partial charge on any atom is 0.327 e. The molecule has 0 aliphatic carbocycles. The fraction of sp³-hybridized carbons (Fsp3) is 0.786. The van der Waals surface area contributed by atoms with E-state index in [-0.39, 0.29) is 53.7 Å². The predicted molar refractivity (Wildman–Crippen MR) is 158 cm³/mol. The van der Waals surface area contributed by atoms with E-state index in [1.54, 1.807) is 0 Å². The monoisotopic (exact) mass is 566 g/mol. The first-order chi connectivity index (χ1) is 17.7. The smallest absolute Gasteiger partial charge is 0.327 e. The van der Waals surface area contributed by atoms with Crippen molar-refractivity contribution in [3.8, 4) is 0 Å². The number of carbonyl (C=O) groups excluding carboxylic acids is 4. The Kier molecular flexibility index (Phi) is 11.8. The summed E-state index contributed by atoms with van der Waals surface area (Å²) in [6.45, 7) is 15.7. The highest BCUT2D eigenvalue weighted by molar-refractivity contribution is 7.82. The largest absolute Gasteiger partial charge is 0.342 e. The number of imide groups is 1. The third-order valence-electron chi connectivity index (χ3n) is 7.89. The topological polar surface area (TPSA) is 81.2 Å². The first kappa shape index (κ1) is 32.3. The second-order valence-corrected chi connectivity index (χ2v) is 12.9. The Balaban J connectivity index is 1.66. The summed E-state index contributed by atoms with van der Waals surface area (Å²) in [4.78, 5) is 57.3. The number of nitrogens with zero attached hydrogens (tertiary/aromatic N) is 4. The van der Waals surface area contributed by atoms with E-state index in [0.717, 1.165) is 36.0 Å². The Morgan fingerprint density at radius 2 is 1.18 bits per heavy atom. The first-order valence-corrected chi connectivity index (χ1v) is 14.7. The van der Waals surface area contributed by atoms with E-state index in [9.17, 15) is 19.2 Å². The average Bonchev–Trinajstić information content (AvgIpc) is 3.30. The Bertz CT molecular complexity index is 860. The molecule has 38 heavy (non-hydrogen) atoms. The van der Waals surface area contributed by atoms with E-state index in [0.29, 0.717) is 45.3 Å². The number of ketones is 2. The van der Waals surface area contributed by atoms with Gasteiger partial charge in [-0.25, -0.2) is 4.79 Å². The highest BCUT2D eigenvalue weighted by Gasteiger charge is 2.36. The summed E-state index contributed by atoms with van der Waals surface area (Å²) in [6, 6.07) is -0.225. The van der Waals surface area contributed by atoms with Crippen molar-refractivity contribution >= 4 is 58.0 Å². The van der Waals surface area contributed by atoms with Gasteiger partial charge >= 0.3 is 6.03 Å². The van der Waals surface area contributed by atoms with Gasteiger partial charge in [0.05, 0.1) is 6.54 Å². The highest BCUT2D eigenvalue weighted by Crippen LogP contribution is 2.30. The van der Waals surface area contributed by atoms with Gasteiger partial charge in [-0.05, 0) is 62.6 Å². The molecule has 8 nitrogen and oxygen atoms in total. The molecule has 0 unspecified atom stereocenters. The van der Waals surface area contributed by atoms with Gasteiger partial charge in [-0.1, -0.05) is 39.9 Å². The molecular weight excluding hydrogens is 520 g/mol. The van der Waals surface area contributed by atoms with Gasteiger partial charge in [-0.2, -0.15) is 0 Å². The molecule has 2 aliphatic heterocycles. The van der Waals surface area contributed by atoms with E-state index in [2.05, 4.69) is 39.5 Å². The van der Waals surface area contributed by atoms with Crippen LogP contribution in [0.5, 0.6) is 0 Å². The minimum atomic E-state index is -0.225. The molecule has 0 saturated carbocycles. The van der Waals surface area contributed by atoms with E-state index in [4.69, 9.17) is 24.4 Å². The van der Waals surface area contributed by atoms with Crippen molar-refractivity contribution < 1.29 is 19.2 Å². The number of urea groups is 1. The Morgan fingerprint density at radius 3 is 1.61 bits per heavy atom. The molecular formula is C28H46N4O4S2. The van der Waals surface area contributed by atoms with Crippen molar-refractivity contribution in [1.82, 2.24) is 19.6 Å². The van der Waals surface area contributed by atoms with Crippen molar-refractivity contribution in [2.45, 2.75) is 92.9 Å². The lowest BCUT2D eigenvalue weighted by molar-refractivity contribution is -0.125. The number of likely N-dealkylation sites (N-methyl/N-ethyl adjacent to an activating group) is 2. The molecule has 2 fully saturated rings. The zero-order chi connectivity index (χ0) is 28.7. The maximum absolute atomic E-state index is 12.5. The first-order valence-electron chi connectivity index (χ1n) is 13.9. The fourth-order valence-electron chi connectivity index (χ4n) is 4.69. The predicted octanol–water partition coefficient (Wildman–Crippen LogP) is 4.83. The SMILES string of the molecule is CCN1CC(=O)N(CCC(C)(C)CCC(=O)CCC(=O)CCC(C)(C)CCN2C(=S)CN(CC)C2=S)C1=O. The minimum Gasteiger partial charge on any atom is -0.342 e. The van der Waals surface area contributed by atoms with Gasteiger partial charge in [0.25, 0.3) is 0 Å². The number of rotatable bonds is 17. The third-order valence-corrected chi connectivity index (χ3v) is 8.72. The molecule has 10 heteroatoms. The van der Waals surface area contributed by atoms with Gasteiger partial charge in [0.15, 0.2) is 5.11 Å². The van der Waals surface area contributed by atoms with E-state index in [1.807, 2.05) is 11.8 Å². The van der Waals surface area contributed by atoms with Crippen LogP contribution in [0.25, 0.3) is 0 Å². The summed E-state index contributed by atoms with van der Waals surface area (Å²) in [6.07, 6.45) is 4.38. The lowest BCUT2D eigenvalue weighted by atomic mass is 9.82. The quantitative estimate of drug-likeness (QED) is 0.183. The lowest BCUT2D eigenvalue weighted by Gasteiger charge is -2.28. The molecule has 0 aromatic rings. The van der Waals surface area contributed by atoms with E-state index < -0.39 is 0 Å². The van der Waals surface area contributed by atoms with Crippen molar-refractivity contribution in [1.29, 1.82) is 0 Å². The molecule has 2 saturated heterocycles. The standard InChI is InChI=1S/C28H46N4O4S2/c1-7-29-19-23(35)31(25(29)36)17-15-27(3,4)13-11-21(33)9-10-22(34)12-14-28(5,6)16-18-32-24(37)20-30(8-2)26(32)38/h7-20H2,1-6H3. The van der Waals surface area contributed by atoms with Crippen LogP contribution in [0.2, 0.25) is 0 Å². The molecule has 2 aliphatic rings. The molecule has 0 aromatic carbocycles. The van der Waals surface area contributed by atoms with E-state index >= 15 is 0 Å². The normalized spacial score (nSPS) is 16.9. The summed E-state index contributed by atoms with van der Waals surface area (Å²) in [5.41, 5.74) is -0.209. The Morgan fingerprint density at radius 1 is 0.711 bits per heavy atom. The number of carbonyl (C=O) groups is 4. The van der Waals surface area contributed by atoms with Crippen LogP contribution in [0.4, 0.5) is 4.79 Å². The maximum atomic E-state index is 12.5. The summed E-state index contributed by atoms with van der Waals surface area (Å²) in [5.74, 6) is 0.0609. The fourth-order valence-corrected chi connectivity index (χ4v) is 5.47. The molecule has 0 atom stereocenters. The third kappa shape index (κ3) is 9.36. The van der Waals surface area contributed by atoms with Crippen molar-refractivity contribution in [3.05, 3.63) is 0 Å². The van der Waals surface area contributed by atoms with Crippen LogP contribution < -0.4 is 0 Å². The van der Waals surface area contributed by atoms with Crippen LogP contribution in [-0.4, -0.2) is 92.5 Å². The molecule has 0 spiro atoms. The lowest BCUT2D eigenvalue weighted by Crippen LogP contribution is -2.35. The summed E-state index contributed by atoms with van der Waals surface area (Å²) < 4.78 is 0. The van der Waals surface area contributed by atoms with Gasteiger partial charge in [0, 0.05) is 51.9 Å². The van der Waals surface area contributed by atoms with E-state index in [1.165, 1.54) is 9.80 Å². The van der Waals surface area contributed by atoms with Crippen LogP contribution in [-0.2, 0) is 14.4 Å². The van der Waals surface area contributed by atoms with Gasteiger partial charge in [-0.15, -0.1) is 0 Å². The average molecular weight is 567 g/mol. The van der Waals surface area contributed by atoms with Crippen molar-refractivity contribution in [3.63, 3.8) is 0 Å². The van der Waals surface area contributed by atoms with Crippen LogP contribution >= 0.6 is 24.4 Å². The van der Waals surface area contributed by atoms with Gasteiger partial charge < -0.3 is 14.7 Å². The van der Waals surface area contributed by atoms with Gasteiger partial charge in [-0.3, -0.25) is 19.3 Å². The number of Topliss-reactive ketones (excluding diaryl/α,β-unsaturated/α-hetero) is 2. The molecule has 0 aromatic heterocycles. The molecule has 0 N–H and O–H groups in total. The zero-order valence-electron chi connectivity index (χ0n) is 24.1. The molecule has 0 radical (unpaired) electrons. The number of hydrogen-bond donors (Lipinski definition) is 0. The molecule has 2 rings (SSSR count).